The van der Waals surface area contributed by atoms with Crippen LogP contribution in [0.3, 0.4) is 0 Å². The van der Waals surface area contributed by atoms with Gasteiger partial charge in [-0.2, -0.15) is 0 Å². The van der Waals surface area contributed by atoms with Crippen LogP contribution >= 0.6 is 0 Å². The Morgan fingerprint density at radius 1 is 0.489 bits per heavy atom. The molecular weight excluding hydrogens is 569 g/mol. The first-order valence-electron chi connectivity index (χ1n) is 16.0. The Bertz CT molecular complexity index is 2140. The van der Waals surface area contributed by atoms with Crippen molar-refractivity contribution in [3.8, 4) is 11.1 Å². The molecule has 7 aromatic carbocycles. The Labute approximate surface area is 277 Å². The Morgan fingerprint density at radius 3 is 1.68 bits per heavy atom. The van der Waals surface area contributed by atoms with E-state index in [9.17, 15) is 0 Å². The molecule has 0 aromatic heterocycles. The predicted octanol–water partition coefficient (Wildman–Crippen LogP) is 12.8. The number of hydrogen-bond donors (Lipinski definition) is 0. The molecule has 47 heavy (non-hydrogen) atoms. The lowest BCUT2D eigenvalue weighted by atomic mass is 10.0. The van der Waals surface area contributed by atoms with E-state index in [4.69, 9.17) is 0 Å². The summed E-state index contributed by atoms with van der Waals surface area (Å²) in [7, 11) is 0. The molecule has 7 rings (SSSR count). The summed E-state index contributed by atoms with van der Waals surface area (Å²) in [6.45, 7) is 6.63. The molecule has 226 valence electrons. The number of nitrogens with zero attached hydrogens (tertiary/aromatic N) is 2. The molecule has 0 saturated carbocycles. The second-order valence-corrected chi connectivity index (χ2v) is 11.5. The smallest absolute Gasteiger partial charge is 0.0540 e. The van der Waals surface area contributed by atoms with Crippen molar-refractivity contribution in [1.29, 1.82) is 0 Å². The zero-order chi connectivity index (χ0) is 32.0. The third kappa shape index (κ3) is 6.10. The molecule has 7 aromatic rings. The largest absolute Gasteiger partial charge is 0.310 e. The zero-order valence-electron chi connectivity index (χ0n) is 26.5. The third-order valence-corrected chi connectivity index (χ3v) is 8.51. The summed E-state index contributed by atoms with van der Waals surface area (Å²) in [5, 5.41) is 2.44. The number of anilines is 5. The maximum atomic E-state index is 4.58. The number of hydrogen-bond acceptors (Lipinski definition) is 2. The van der Waals surface area contributed by atoms with Crippen LogP contribution in [0.5, 0.6) is 0 Å². The monoisotopic (exact) mass is 604 g/mol. The topological polar surface area (TPSA) is 6.48 Å². The highest BCUT2D eigenvalue weighted by molar-refractivity contribution is 5.99. The normalized spacial score (nSPS) is 11.1. The zero-order valence-corrected chi connectivity index (χ0v) is 26.5. The van der Waals surface area contributed by atoms with Crippen molar-refractivity contribution in [3.63, 3.8) is 0 Å². The summed E-state index contributed by atoms with van der Waals surface area (Å²) in [5.74, 6) is 0. The number of rotatable bonds is 9. The van der Waals surface area contributed by atoms with Crippen LogP contribution in [0, 0.1) is 0 Å². The Kier molecular flexibility index (Phi) is 8.48. The Hall–Kier alpha value is -6.12. The van der Waals surface area contributed by atoms with Crippen LogP contribution in [0.1, 0.15) is 18.1 Å². The minimum Gasteiger partial charge on any atom is -0.310 e. The van der Waals surface area contributed by atoms with Crippen molar-refractivity contribution < 1.29 is 0 Å². The van der Waals surface area contributed by atoms with Gasteiger partial charge in [0, 0.05) is 39.4 Å². The average Bonchev–Trinajstić information content (AvgIpc) is 3.14. The van der Waals surface area contributed by atoms with E-state index in [2.05, 4.69) is 198 Å². The van der Waals surface area contributed by atoms with Gasteiger partial charge >= 0.3 is 0 Å². The van der Waals surface area contributed by atoms with Gasteiger partial charge in [0.1, 0.15) is 0 Å². The average molecular weight is 605 g/mol. The van der Waals surface area contributed by atoms with E-state index in [1.54, 1.807) is 0 Å². The van der Waals surface area contributed by atoms with Crippen LogP contribution in [-0.4, -0.2) is 0 Å². The van der Waals surface area contributed by atoms with Gasteiger partial charge in [0.2, 0.25) is 0 Å². The molecule has 0 atom stereocenters. The van der Waals surface area contributed by atoms with Crippen LogP contribution in [0.15, 0.2) is 189 Å². The number of para-hydroxylation sites is 2. The second-order valence-electron chi connectivity index (χ2n) is 11.5. The lowest BCUT2D eigenvalue weighted by molar-refractivity contribution is 1.29. The molecule has 0 heterocycles. The van der Waals surface area contributed by atoms with E-state index in [1.807, 2.05) is 13.0 Å². The highest BCUT2D eigenvalue weighted by Crippen LogP contribution is 2.40. The van der Waals surface area contributed by atoms with Crippen molar-refractivity contribution in [1.82, 2.24) is 0 Å². The van der Waals surface area contributed by atoms with E-state index in [-0.39, 0.29) is 0 Å². The van der Waals surface area contributed by atoms with Crippen molar-refractivity contribution in [3.05, 3.63) is 200 Å². The van der Waals surface area contributed by atoms with E-state index in [0.29, 0.717) is 0 Å². The molecule has 0 bridgehead atoms. The van der Waals surface area contributed by atoms with Crippen molar-refractivity contribution >= 4 is 51.0 Å². The predicted molar refractivity (Wildman–Crippen MR) is 203 cm³/mol. The SMILES string of the molecule is C=C(c1ccccc1/C=C\C)N(c1ccccc1)c1ccc(-c2ccc(N(c3ccccc3)c3cccc4ccccc34)cc2)cc1. The minimum atomic E-state index is 0.927. The summed E-state index contributed by atoms with van der Waals surface area (Å²) in [4.78, 5) is 4.57. The molecule has 0 radical (unpaired) electrons. The number of allylic oxidation sites excluding steroid dienone is 1. The van der Waals surface area contributed by atoms with Crippen LogP contribution in [0.2, 0.25) is 0 Å². The number of fused-ring (bicyclic) bond motifs is 1. The molecule has 0 aliphatic carbocycles. The third-order valence-electron chi connectivity index (χ3n) is 8.51. The fourth-order valence-corrected chi connectivity index (χ4v) is 6.26. The van der Waals surface area contributed by atoms with Crippen molar-refractivity contribution in [2.45, 2.75) is 6.92 Å². The highest BCUT2D eigenvalue weighted by Gasteiger charge is 2.18. The fraction of sp³-hybridized carbons (Fsp3) is 0.0222. The van der Waals surface area contributed by atoms with E-state index >= 15 is 0 Å². The minimum absolute atomic E-state index is 0.927. The van der Waals surface area contributed by atoms with Gasteiger partial charge in [0.05, 0.1) is 5.69 Å². The van der Waals surface area contributed by atoms with Crippen molar-refractivity contribution in [2.24, 2.45) is 0 Å². The fourth-order valence-electron chi connectivity index (χ4n) is 6.26. The Balaban J connectivity index is 1.23. The van der Waals surface area contributed by atoms with Gasteiger partial charge in [0.15, 0.2) is 0 Å². The molecule has 0 aliphatic heterocycles. The highest BCUT2D eigenvalue weighted by atomic mass is 15.2. The lowest BCUT2D eigenvalue weighted by Crippen LogP contribution is -2.15. The molecule has 2 nitrogen and oxygen atoms in total. The van der Waals surface area contributed by atoms with Gasteiger partial charge in [-0.1, -0.05) is 140 Å². The summed E-state index contributed by atoms with van der Waals surface area (Å²) in [6, 6.07) is 62.1. The van der Waals surface area contributed by atoms with Crippen molar-refractivity contribution in [2.75, 3.05) is 9.80 Å². The number of benzene rings is 7. The standard InChI is InChI=1S/C45H36N2/c1-3-15-37-16-10-12-23-43(37)34(2)46(39-19-6-4-7-20-39)41-30-26-35(27-31-41)36-28-32-42(33-29-36)47(40-21-8-5-9-22-40)45-25-14-18-38-17-11-13-24-44(38)45/h3-33H,2H2,1H3/b15-3-. The van der Waals surface area contributed by atoms with E-state index in [1.165, 1.54) is 10.8 Å². The first kappa shape index (κ1) is 29.6. The molecular formula is C45H36N2. The van der Waals surface area contributed by atoms with E-state index in [0.717, 1.165) is 56.4 Å². The molecule has 0 saturated heterocycles. The van der Waals surface area contributed by atoms with Gasteiger partial charge in [-0.15, -0.1) is 0 Å². The molecule has 2 heteroatoms. The van der Waals surface area contributed by atoms with Gasteiger partial charge in [-0.3, -0.25) is 0 Å². The quantitative estimate of drug-likeness (QED) is 0.162. The summed E-state index contributed by atoms with van der Waals surface area (Å²) in [5.41, 5.74) is 11.0. The van der Waals surface area contributed by atoms with Gasteiger partial charge in [-0.25, -0.2) is 0 Å². The molecule has 0 aliphatic rings. The van der Waals surface area contributed by atoms with Crippen LogP contribution < -0.4 is 9.80 Å². The van der Waals surface area contributed by atoms with Crippen LogP contribution in [-0.2, 0) is 0 Å². The molecule has 0 spiro atoms. The van der Waals surface area contributed by atoms with Crippen LogP contribution in [0.4, 0.5) is 28.4 Å². The molecule has 0 amide bonds. The van der Waals surface area contributed by atoms with Crippen LogP contribution in [0.25, 0.3) is 33.7 Å². The van der Waals surface area contributed by atoms with Gasteiger partial charge in [-0.05, 0) is 83.6 Å². The van der Waals surface area contributed by atoms with E-state index < -0.39 is 0 Å². The lowest BCUT2D eigenvalue weighted by Gasteiger charge is -2.28. The summed E-state index contributed by atoms with van der Waals surface area (Å²) >= 11 is 0. The second kappa shape index (κ2) is 13.5. The molecule has 0 unspecified atom stereocenters. The first-order valence-corrected chi connectivity index (χ1v) is 16.0. The maximum Gasteiger partial charge on any atom is 0.0540 e. The molecule has 0 N–H and O–H groups in total. The maximum absolute atomic E-state index is 4.58. The Morgan fingerprint density at radius 2 is 1.00 bits per heavy atom. The van der Waals surface area contributed by atoms with Gasteiger partial charge in [0.25, 0.3) is 0 Å². The summed E-state index contributed by atoms with van der Waals surface area (Å²) < 4.78 is 0. The first-order chi connectivity index (χ1) is 23.2. The molecule has 0 fully saturated rings. The summed E-state index contributed by atoms with van der Waals surface area (Å²) in [6.07, 6.45) is 4.20. The van der Waals surface area contributed by atoms with Gasteiger partial charge < -0.3 is 9.80 Å².